The maximum atomic E-state index is 11.9. The highest BCUT2D eigenvalue weighted by Crippen LogP contribution is 2.26. The van der Waals surface area contributed by atoms with Crippen molar-refractivity contribution in [2.75, 3.05) is 29.9 Å². The molecule has 1 aliphatic heterocycles. The lowest BCUT2D eigenvalue weighted by molar-refractivity contribution is 0.336. The van der Waals surface area contributed by atoms with E-state index in [0.717, 1.165) is 50.4 Å². The maximum absolute atomic E-state index is 11.9. The van der Waals surface area contributed by atoms with Crippen LogP contribution in [0.15, 0.2) is 12.1 Å². The average Bonchev–Trinajstić information content (AvgIpc) is 3.16. The maximum Gasteiger partial charge on any atom is 0.213 e. The molecule has 7 nitrogen and oxygen atoms in total. The summed E-state index contributed by atoms with van der Waals surface area (Å²) >= 11 is 0. The number of hydrogen-bond donors (Lipinski definition) is 2. The van der Waals surface area contributed by atoms with Gasteiger partial charge in [0.05, 0.1) is 5.25 Å². The van der Waals surface area contributed by atoms with Gasteiger partial charge in [0.25, 0.3) is 0 Å². The number of rotatable bonds is 7. The Hall–Kier alpha value is -1.41. The first-order valence-electron chi connectivity index (χ1n) is 9.78. The Bertz CT molecular complexity index is 663. The molecule has 1 aromatic heterocycles. The fraction of sp³-hybridized carbons (Fsp3) is 0.778. The molecule has 1 aliphatic carbocycles. The van der Waals surface area contributed by atoms with Gasteiger partial charge in [-0.3, -0.25) is 0 Å². The molecule has 0 aromatic carbocycles. The highest BCUT2D eigenvalue weighted by atomic mass is 32.2. The van der Waals surface area contributed by atoms with Crippen LogP contribution >= 0.6 is 0 Å². The van der Waals surface area contributed by atoms with Gasteiger partial charge in [-0.05, 0) is 70.4 Å². The van der Waals surface area contributed by atoms with Gasteiger partial charge in [-0.25, -0.2) is 13.1 Å². The molecule has 0 amide bonds. The van der Waals surface area contributed by atoms with Gasteiger partial charge in [-0.2, -0.15) is 0 Å². The third kappa shape index (κ3) is 5.07. The number of aromatic nitrogens is 2. The first-order valence-corrected chi connectivity index (χ1v) is 11.3. The van der Waals surface area contributed by atoms with Gasteiger partial charge >= 0.3 is 0 Å². The Labute approximate surface area is 157 Å². The second-order valence-electron chi connectivity index (χ2n) is 7.78. The van der Waals surface area contributed by atoms with Crippen LogP contribution in [0.2, 0.25) is 0 Å². The minimum atomic E-state index is -3.16. The SMILES string of the molecule is CC(C)S(=O)(=O)NCC1CCC(Nc2ccc(N3CCCC3)nn2)CC1. The normalized spacial score (nSPS) is 24.2. The molecule has 0 bridgehead atoms. The van der Waals surface area contributed by atoms with E-state index in [1.807, 2.05) is 12.1 Å². The topological polar surface area (TPSA) is 87.2 Å². The minimum absolute atomic E-state index is 0.373. The zero-order valence-corrected chi connectivity index (χ0v) is 16.6. The molecule has 8 heteroatoms. The molecule has 0 atom stereocenters. The number of hydrogen-bond acceptors (Lipinski definition) is 6. The fourth-order valence-electron chi connectivity index (χ4n) is 3.64. The summed E-state index contributed by atoms with van der Waals surface area (Å²) in [5.41, 5.74) is 0. The van der Waals surface area contributed by atoms with Crippen molar-refractivity contribution in [3.05, 3.63) is 12.1 Å². The summed E-state index contributed by atoms with van der Waals surface area (Å²) in [6, 6.07) is 4.45. The smallest absolute Gasteiger partial charge is 0.213 e. The number of anilines is 2. The van der Waals surface area contributed by atoms with Crippen molar-refractivity contribution < 1.29 is 8.42 Å². The van der Waals surface area contributed by atoms with E-state index in [-0.39, 0.29) is 5.25 Å². The lowest BCUT2D eigenvalue weighted by Crippen LogP contribution is -2.37. The summed E-state index contributed by atoms with van der Waals surface area (Å²) < 4.78 is 26.5. The molecule has 1 saturated heterocycles. The largest absolute Gasteiger partial charge is 0.366 e. The molecule has 146 valence electrons. The molecule has 26 heavy (non-hydrogen) atoms. The van der Waals surface area contributed by atoms with Crippen LogP contribution < -0.4 is 14.9 Å². The van der Waals surface area contributed by atoms with Crippen molar-refractivity contribution in [1.82, 2.24) is 14.9 Å². The zero-order chi connectivity index (χ0) is 18.6. The predicted molar refractivity (Wildman–Crippen MR) is 105 cm³/mol. The van der Waals surface area contributed by atoms with E-state index in [2.05, 4.69) is 25.1 Å². The molecule has 2 N–H and O–H groups in total. The summed E-state index contributed by atoms with van der Waals surface area (Å²) in [4.78, 5) is 2.28. The summed E-state index contributed by atoms with van der Waals surface area (Å²) in [7, 11) is -3.16. The molecule has 3 rings (SSSR count). The van der Waals surface area contributed by atoms with Gasteiger partial charge < -0.3 is 10.2 Å². The molecule has 0 unspecified atom stereocenters. The summed E-state index contributed by atoms with van der Waals surface area (Å²) in [6.07, 6.45) is 6.58. The first-order chi connectivity index (χ1) is 12.4. The third-order valence-corrected chi connectivity index (χ3v) is 7.28. The van der Waals surface area contributed by atoms with E-state index in [9.17, 15) is 8.42 Å². The van der Waals surface area contributed by atoms with Crippen molar-refractivity contribution in [3.63, 3.8) is 0 Å². The van der Waals surface area contributed by atoms with E-state index in [1.54, 1.807) is 13.8 Å². The van der Waals surface area contributed by atoms with E-state index in [1.165, 1.54) is 12.8 Å². The molecule has 0 radical (unpaired) electrons. The lowest BCUT2D eigenvalue weighted by atomic mass is 9.86. The van der Waals surface area contributed by atoms with Crippen LogP contribution in [0, 0.1) is 5.92 Å². The van der Waals surface area contributed by atoms with E-state index >= 15 is 0 Å². The minimum Gasteiger partial charge on any atom is -0.366 e. The lowest BCUT2D eigenvalue weighted by Gasteiger charge is -2.29. The fourth-order valence-corrected chi connectivity index (χ4v) is 4.44. The van der Waals surface area contributed by atoms with Crippen molar-refractivity contribution >= 4 is 21.7 Å². The van der Waals surface area contributed by atoms with Gasteiger partial charge in [0.2, 0.25) is 10.0 Å². The first kappa shape index (κ1) is 19.4. The van der Waals surface area contributed by atoms with E-state index in [0.29, 0.717) is 18.5 Å². The van der Waals surface area contributed by atoms with Gasteiger partial charge in [0, 0.05) is 25.7 Å². The highest BCUT2D eigenvalue weighted by molar-refractivity contribution is 7.90. The molecule has 2 heterocycles. The van der Waals surface area contributed by atoms with Crippen LogP contribution in [0.1, 0.15) is 52.4 Å². The van der Waals surface area contributed by atoms with Crippen molar-refractivity contribution in [3.8, 4) is 0 Å². The monoisotopic (exact) mass is 381 g/mol. The molecular formula is C18H31N5O2S. The number of nitrogens with zero attached hydrogens (tertiary/aromatic N) is 3. The summed E-state index contributed by atoms with van der Waals surface area (Å²) in [6.45, 7) is 6.12. The zero-order valence-electron chi connectivity index (χ0n) is 15.8. The second kappa shape index (κ2) is 8.52. The third-order valence-electron chi connectivity index (χ3n) is 5.47. The van der Waals surface area contributed by atoms with Crippen LogP contribution in [0.4, 0.5) is 11.6 Å². The van der Waals surface area contributed by atoms with Gasteiger partial charge in [-0.15, -0.1) is 10.2 Å². The van der Waals surface area contributed by atoms with Crippen LogP contribution in [0.25, 0.3) is 0 Å². The summed E-state index contributed by atoms with van der Waals surface area (Å²) in [5.74, 6) is 2.22. The number of nitrogens with one attached hydrogen (secondary N) is 2. The Kier molecular flexibility index (Phi) is 6.34. The molecular weight excluding hydrogens is 350 g/mol. The van der Waals surface area contributed by atoms with Crippen molar-refractivity contribution in [2.45, 2.75) is 63.7 Å². The Morgan fingerprint density at radius 1 is 1.12 bits per heavy atom. The van der Waals surface area contributed by atoms with Gasteiger partial charge in [0.1, 0.15) is 5.82 Å². The van der Waals surface area contributed by atoms with Crippen molar-refractivity contribution in [1.29, 1.82) is 0 Å². The molecule has 1 saturated carbocycles. The second-order valence-corrected chi connectivity index (χ2v) is 10.1. The Balaban J connectivity index is 1.42. The van der Waals surface area contributed by atoms with Crippen LogP contribution in [-0.2, 0) is 10.0 Å². The van der Waals surface area contributed by atoms with E-state index in [4.69, 9.17) is 0 Å². The quantitative estimate of drug-likeness (QED) is 0.754. The molecule has 2 aliphatic rings. The van der Waals surface area contributed by atoms with Crippen LogP contribution in [0.5, 0.6) is 0 Å². The molecule has 0 spiro atoms. The predicted octanol–water partition coefficient (Wildman–Crippen LogP) is 2.38. The van der Waals surface area contributed by atoms with Gasteiger partial charge in [0.15, 0.2) is 5.82 Å². The summed E-state index contributed by atoms with van der Waals surface area (Å²) in [5, 5.41) is 11.8. The van der Waals surface area contributed by atoms with Crippen LogP contribution in [0.3, 0.4) is 0 Å². The standard InChI is InChI=1S/C18H31N5O2S/c1-14(2)26(24,25)19-13-15-5-7-16(8-6-15)20-17-9-10-18(22-21-17)23-11-3-4-12-23/h9-10,14-16,19H,3-8,11-13H2,1-2H3,(H,20,21). The van der Waals surface area contributed by atoms with Crippen molar-refractivity contribution in [2.24, 2.45) is 5.92 Å². The average molecular weight is 382 g/mol. The Morgan fingerprint density at radius 2 is 1.81 bits per heavy atom. The highest BCUT2D eigenvalue weighted by Gasteiger charge is 2.24. The molecule has 1 aromatic rings. The Morgan fingerprint density at radius 3 is 2.38 bits per heavy atom. The van der Waals surface area contributed by atoms with Gasteiger partial charge in [-0.1, -0.05) is 0 Å². The number of sulfonamides is 1. The molecule has 2 fully saturated rings. The van der Waals surface area contributed by atoms with E-state index < -0.39 is 10.0 Å². The van der Waals surface area contributed by atoms with Crippen LogP contribution in [-0.4, -0.2) is 49.5 Å².